The van der Waals surface area contributed by atoms with Crippen LogP contribution in [0.15, 0.2) is 18.5 Å². The molecule has 0 saturated heterocycles. The number of rotatable bonds is 5. The van der Waals surface area contributed by atoms with Gasteiger partial charge in [0.25, 0.3) is 5.91 Å². The molecular formula is C11H15FN2O2S. The van der Waals surface area contributed by atoms with Gasteiger partial charge in [0.2, 0.25) is 0 Å². The van der Waals surface area contributed by atoms with Crippen LogP contribution in [0.3, 0.4) is 0 Å². The summed E-state index contributed by atoms with van der Waals surface area (Å²) < 4.78 is 12.8. The number of aliphatic hydroxyl groups is 1. The molecule has 94 valence electrons. The highest BCUT2D eigenvalue weighted by Gasteiger charge is 2.20. The Morgan fingerprint density at radius 1 is 1.65 bits per heavy atom. The Balaban J connectivity index is 2.56. The molecule has 1 amide bonds. The quantitative estimate of drug-likeness (QED) is 0.829. The third-order valence-corrected chi connectivity index (χ3v) is 2.96. The van der Waals surface area contributed by atoms with E-state index in [2.05, 4.69) is 10.3 Å². The summed E-state index contributed by atoms with van der Waals surface area (Å²) in [5.74, 6) is -0.499. The number of nitrogens with zero attached hydrogens (tertiary/aromatic N) is 1. The molecule has 0 fully saturated rings. The summed E-state index contributed by atoms with van der Waals surface area (Å²) in [6, 6.07) is 1.10. The Bertz CT molecular complexity index is 399. The maximum Gasteiger partial charge on any atom is 0.253 e. The maximum absolute atomic E-state index is 12.8. The van der Waals surface area contributed by atoms with Crippen LogP contribution in [0, 0.1) is 5.82 Å². The fourth-order valence-electron chi connectivity index (χ4n) is 1.27. The van der Waals surface area contributed by atoms with Gasteiger partial charge in [-0.1, -0.05) is 0 Å². The van der Waals surface area contributed by atoms with Crippen molar-refractivity contribution in [3.63, 3.8) is 0 Å². The van der Waals surface area contributed by atoms with E-state index in [-0.39, 0.29) is 12.1 Å². The van der Waals surface area contributed by atoms with Crippen molar-refractivity contribution in [2.75, 3.05) is 18.6 Å². The Hall–Kier alpha value is -1.14. The van der Waals surface area contributed by atoms with Gasteiger partial charge >= 0.3 is 0 Å². The van der Waals surface area contributed by atoms with E-state index in [0.29, 0.717) is 5.75 Å². The zero-order valence-corrected chi connectivity index (χ0v) is 10.6. The van der Waals surface area contributed by atoms with Crippen molar-refractivity contribution < 1.29 is 14.3 Å². The molecule has 0 radical (unpaired) electrons. The molecule has 0 spiro atoms. The fourth-order valence-corrected chi connectivity index (χ4v) is 1.99. The molecule has 1 atom stereocenters. The van der Waals surface area contributed by atoms with E-state index in [4.69, 9.17) is 0 Å². The number of thioether (sulfide) groups is 1. The van der Waals surface area contributed by atoms with Gasteiger partial charge in [-0.15, -0.1) is 0 Å². The largest absolute Gasteiger partial charge is 0.387 e. The van der Waals surface area contributed by atoms with Gasteiger partial charge in [-0.2, -0.15) is 11.8 Å². The van der Waals surface area contributed by atoms with Crippen LogP contribution >= 0.6 is 11.8 Å². The van der Waals surface area contributed by atoms with Crippen LogP contribution in [0.25, 0.3) is 0 Å². The van der Waals surface area contributed by atoms with E-state index >= 15 is 0 Å². The molecule has 0 aliphatic carbocycles. The lowest BCUT2D eigenvalue weighted by molar-refractivity contribution is 0.0724. The predicted molar refractivity (Wildman–Crippen MR) is 65.5 cm³/mol. The van der Waals surface area contributed by atoms with Gasteiger partial charge in [0, 0.05) is 18.5 Å². The summed E-state index contributed by atoms with van der Waals surface area (Å²) >= 11 is 1.48. The highest BCUT2D eigenvalue weighted by atomic mass is 32.2. The van der Waals surface area contributed by atoms with Crippen molar-refractivity contribution in [1.82, 2.24) is 10.3 Å². The summed E-state index contributed by atoms with van der Waals surface area (Å²) in [5.41, 5.74) is -0.833. The van der Waals surface area contributed by atoms with Crippen molar-refractivity contribution in [3.8, 4) is 0 Å². The summed E-state index contributed by atoms with van der Waals surface area (Å²) in [7, 11) is 0. The Kier molecular flexibility index (Phi) is 4.89. The molecule has 6 heteroatoms. The number of hydrogen-bond donors (Lipinski definition) is 2. The first-order valence-corrected chi connectivity index (χ1v) is 6.44. The molecule has 2 N–H and O–H groups in total. The second-order valence-corrected chi connectivity index (χ2v) is 4.87. The van der Waals surface area contributed by atoms with Crippen molar-refractivity contribution in [1.29, 1.82) is 0 Å². The molecule has 1 rings (SSSR count). The Morgan fingerprint density at radius 3 is 2.94 bits per heavy atom. The molecule has 4 nitrogen and oxygen atoms in total. The number of pyridine rings is 1. The van der Waals surface area contributed by atoms with E-state index in [9.17, 15) is 14.3 Å². The molecule has 0 aromatic carbocycles. The lowest BCUT2D eigenvalue weighted by Gasteiger charge is -2.22. The lowest BCUT2D eigenvalue weighted by Crippen LogP contribution is -2.42. The van der Waals surface area contributed by atoms with Crippen LogP contribution in [0.2, 0.25) is 0 Å². The maximum atomic E-state index is 12.8. The lowest BCUT2D eigenvalue weighted by atomic mass is 10.1. The Morgan fingerprint density at radius 2 is 2.35 bits per heavy atom. The molecule has 0 aliphatic heterocycles. The van der Waals surface area contributed by atoms with E-state index < -0.39 is 17.3 Å². The third kappa shape index (κ3) is 4.70. The van der Waals surface area contributed by atoms with Crippen LogP contribution in [0.4, 0.5) is 4.39 Å². The number of hydrogen-bond acceptors (Lipinski definition) is 4. The van der Waals surface area contributed by atoms with E-state index in [1.165, 1.54) is 18.0 Å². The average molecular weight is 258 g/mol. The molecular weight excluding hydrogens is 243 g/mol. The first-order chi connectivity index (χ1) is 7.94. The topological polar surface area (TPSA) is 62.2 Å². The Labute approximate surface area is 104 Å². The number of amides is 1. The molecule has 1 aromatic heterocycles. The third-order valence-electron chi connectivity index (χ3n) is 2.05. The predicted octanol–water partition coefficient (Wildman–Crippen LogP) is 1.06. The monoisotopic (exact) mass is 258 g/mol. The van der Waals surface area contributed by atoms with Gasteiger partial charge in [0.1, 0.15) is 5.82 Å². The molecule has 1 aromatic rings. The first-order valence-electron chi connectivity index (χ1n) is 5.05. The van der Waals surface area contributed by atoms with Gasteiger partial charge in [-0.25, -0.2) is 4.39 Å². The van der Waals surface area contributed by atoms with Gasteiger partial charge in [-0.3, -0.25) is 9.78 Å². The molecule has 17 heavy (non-hydrogen) atoms. The van der Waals surface area contributed by atoms with E-state index in [0.717, 1.165) is 12.3 Å². The SMILES string of the molecule is CSCC(C)(O)CNC(=O)c1cncc(F)c1. The van der Waals surface area contributed by atoms with Crippen LogP contribution in [0.5, 0.6) is 0 Å². The second-order valence-electron chi connectivity index (χ2n) is 4.00. The number of carbonyl (C=O) groups excluding carboxylic acids is 1. The number of aromatic nitrogens is 1. The summed E-state index contributed by atoms with van der Waals surface area (Å²) in [5, 5.41) is 12.4. The highest BCUT2D eigenvalue weighted by Crippen LogP contribution is 2.09. The van der Waals surface area contributed by atoms with Crippen LogP contribution in [-0.4, -0.2) is 40.2 Å². The van der Waals surface area contributed by atoms with Gasteiger partial charge in [0.15, 0.2) is 0 Å². The van der Waals surface area contributed by atoms with E-state index in [1.807, 2.05) is 6.26 Å². The normalized spacial score (nSPS) is 14.1. The minimum absolute atomic E-state index is 0.114. The average Bonchev–Trinajstić information content (AvgIpc) is 2.26. The molecule has 1 unspecified atom stereocenters. The van der Waals surface area contributed by atoms with Crippen LogP contribution in [-0.2, 0) is 0 Å². The van der Waals surface area contributed by atoms with Gasteiger partial charge < -0.3 is 10.4 Å². The fraction of sp³-hybridized carbons (Fsp3) is 0.455. The van der Waals surface area contributed by atoms with E-state index in [1.54, 1.807) is 6.92 Å². The molecule has 1 heterocycles. The number of carbonyl (C=O) groups is 1. The molecule has 0 saturated carbocycles. The van der Waals surface area contributed by atoms with Gasteiger partial charge in [-0.05, 0) is 19.2 Å². The van der Waals surface area contributed by atoms with Crippen molar-refractivity contribution in [2.24, 2.45) is 0 Å². The smallest absolute Gasteiger partial charge is 0.253 e. The molecule has 0 bridgehead atoms. The summed E-state index contributed by atoms with van der Waals surface area (Å²) in [4.78, 5) is 15.2. The van der Waals surface area contributed by atoms with Crippen molar-refractivity contribution in [3.05, 3.63) is 29.8 Å². The minimum atomic E-state index is -0.976. The zero-order valence-electron chi connectivity index (χ0n) is 9.74. The summed E-state index contributed by atoms with van der Waals surface area (Å²) in [6.45, 7) is 1.75. The standard InChI is InChI=1S/C11H15FN2O2S/c1-11(16,7-17-2)6-14-10(15)8-3-9(12)5-13-4-8/h3-5,16H,6-7H2,1-2H3,(H,14,15). The first kappa shape index (κ1) is 13.9. The second kappa shape index (κ2) is 5.97. The van der Waals surface area contributed by atoms with Crippen LogP contribution < -0.4 is 5.32 Å². The highest BCUT2D eigenvalue weighted by molar-refractivity contribution is 7.98. The van der Waals surface area contributed by atoms with Crippen LogP contribution in [0.1, 0.15) is 17.3 Å². The zero-order chi connectivity index (χ0) is 12.9. The number of halogens is 1. The summed E-state index contributed by atoms with van der Waals surface area (Å²) in [6.07, 6.45) is 4.18. The molecule has 0 aliphatic rings. The van der Waals surface area contributed by atoms with Crippen molar-refractivity contribution >= 4 is 17.7 Å². The number of nitrogens with one attached hydrogen (secondary N) is 1. The minimum Gasteiger partial charge on any atom is -0.387 e. The van der Waals surface area contributed by atoms with Crippen molar-refractivity contribution in [2.45, 2.75) is 12.5 Å². The van der Waals surface area contributed by atoms with Gasteiger partial charge in [0.05, 0.1) is 17.4 Å².